The van der Waals surface area contributed by atoms with Crippen LogP contribution in [0.25, 0.3) is 0 Å². The maximum absolute atomic E-state index is 2.86. The molecular weight excluding hydrogens is 338 g/mol. The van der Waals surface area contributed by atoms with Crippen molar-refractivity contribution < 1.29 is 0 Å². The highest BCUT2D eigenvalue weighted by atomic mass is 15.2. The van der Waals surface area contributed by atoms with Gasteiger partial charge >= 0.3 is 0 Å². The lowest BCUT2D eigenvalue weighted by Crippen LogP contribution is -2.66. The standard InChI is InChI=1S/C27H57N/c1-11-21-22-23-24(12-2)25(13-3,14-4)26(15-5,16-6)27(17-7,18-8)28(19-9)20-10/h24H,11-23H2,1-10H3. The van der Waals surface area contributed by atoms with Gasteiger partial charge in [0.05, 0.1) is 0 Å². The molecule has 1 unspecified atom stereocenters. The summed E-state index contributed by atoms with van der Waals surface area (Å²) in [7, 11) is 0. The summed E-state index contributed by atoms with van der Waals surface area (Å²) >= 11 is 0. The van der Waals surface area contributed by atoms with Gasteiger partial charge in [-0.3, -0.25) is 4.90 Å². The molecule has 0 heterocycles. The first-order valence-corrected chi connectivity index (χ1v) is 13.2. The Labute approximate surface area is 180 Å². The van der Waals surface area contributed by atoms with Crippen LogP contribution in [-0.4, -0.2) is 23.5 Å². The van der Waals surface area contributed by atoms with Crippen LogP contribution in [0.2, 0.25) is 0 Å². The van der Waals surface area contributed by atoms with Crippen molar-refractivity contribution in [3.8, 4) is 0 Å². The Morgan fingerprint density at radius 3 is 1.39 bits per heavy atom. The van der Waals surface area contributed by atoms with E-state index in [-0.39, 0.29) is 0 Å². The predicted molar refractivity (Wildman–Crippen MR) is 130 cm³/mol. The van der Waals surface area contributed by atoms with Gasteiger partial charge in [0.2, 0.25) is 0 Å². The van der Waals surface area contributed by atoms with E-state index in [1.54, 1.807) is 0 Å². The molecule has 1 heteroatoms. The molecule has 0 amide bonds. The van der Waals surface area contributed by atoms with Gasteiger partial charge in [0, 0.05) is 5.54 Å². The van der Waals surface area contributed by atoms with E-state index in [1.807, 2.05) is 0 Å². The molecule has 0 saturated heterocycles. The molecule has 1 nitrogen and oxygen atoms in total. The molecule has 0 aliphatic carbocycles. The molecule has 0 aromatic rings. The van der Waals surface area contributed by atoms with E-state index in [0.717, 1.165) is 5.92 Å². The summed E-state index contributed by atoms with van der Waals surface area (Å²) in [6.07, 6.45) is 14.8. The van der Waals surface area contributed by atoms with Crippen molar-refractivity contribution in [3.63, 3.8) is 0 Å². The second-order valence-electron chi connectivity index (χ2n) is 9.16. The second kappa shape index (κ2) is 13.3. The topological polar surface area (TPSA) is 3.24 Å². The third-order valence-electron chi connectivity index (χ3n) is 9.28. The fourth-order valence-corrected chi connectivity index (χ4v) is 7.99. The molecule has 0 radical (unpaired) electrons. The predicted octanol–water partition coefficient (Wildman–Crippen LogP) is 9.11. The Morgan fingerprint density at radius 2 is 1.11 bits per heavy atom. The number of hydrogen-bond donors (Lipinski definition) is 0. The van der Waals surface area contributed by atoms with Crippen molar-refractivity contribution in [2.24, 2.45) is 16.7 Å². The third kappa shape index (κ3) is 4.65. The lowest BCUT2D eigenvalue weighted by Gasteiger charge is -2.66. The fraction of sp³-hybridized carbons (Fsp3) is 1.00. The van der Waals surface area contributed by atoms with Crippen molar-refractivity contribution >= 4 is 0 Å². The van der Waals surface area contributed by atoms with Crippen LogP contribution in [0, 0.1) is 16.7 Å². The molecule has 170 valence electrons. The summed E-state index contributed by atoms with van der Waals surface area (Å²) in [4.78, 5) is 2.86. The third-order valence-corrected chi connectivity index (χ3v) is 9.28. The molecule has 1 atom stereocenters. The van der Waals surface area contributed by atoms with Crippen LogP contribution in [-0.2, 0) is 0 Å². The number of hydrogen-bond acceptors (Lipinski definition) is 1. The highest BCUT2D eigenvalue weighted by Gasteiger charge is 2.61. The SMILES string of the molecule is CCCCCC(CC)C(CC)(CC)C(CC)(CC)C(CC)(CC)N(CC)CC. The van der Waals surface area contributed by atoms with Gasteiger partial charge in [-0.05, 0) is 74.8 Å². The maximum Gasteiger partial charge on any atom is 0.0265 e. The molecule has 0 bridgehead atoms. The number of unbranched alkanes of at least 4 members (excludes halogenated alkanes) is 2. The number of rotatable bonds is 17. The van der Waals surface area contributed by atoms with E-state index in [4.69, 9.17) is 0 Å². The molecule has 0 aliphatic rings. The smallest absolute Gasteiger partial charge is 0.0265 e. The largest absolute Gasteiger partial charge is 0.298 e. The molecule has 28 heavy (non-hydrogen) atoms. The molecule has 0 N–H and O–H groups in total. The van der Waals surface area contributed by atoms with E-state index < -0.39 is 0 Å². The quantitative estimate of drug-likeness (QED) is 0.222. The summed E-state index contributed by atoms with van der Waals surface area (Å²) in [5.74, 6) is 0.849. The van der Waals surface area contributed by atoms with Gasteiger partial charge in [-0.1, -0.05) is 94.9 Å². The Bertz CT molecular complexity index is 370. The number of nitrogens with zero attached hydrogens (tertiary/aromatic N) is 1. The molecule has 0 aromatic carbocycles. The molecule has 0 saturated carbocycles. The van der Waals surface area contributed by atoms with E-state index in [2.05, 4.69) is 74.1 Å². The first-order chi connectivity index (χ1) is 13.4. The maximum atomic E-state index is 2.86. The Morgan fingerprint density at radius 1 is 0.607 bits per heavy atom. The van der Waals surface area contributed by atoms with Crippen molar-refractivity contribution in [1.29, 1.82) is 0 Å². The average molecular weight is 396 g/mol. The van der Waals surface area contributed by atoms with Crippen molar-refractivity contribution in [1.82, 2.24) is 4.90 Å². The van der Waals surface area contributed by atoms with Gasteiger partial charge < -0.3 is 0 Å². The van der Waals surface area contributed by atoms with Crippen LogP contribution >= 0.6 is 0 Å². The lowest BCUT2D eigenvalue weighted by atomic mass is 9.43. The van der Waals surface area contributed by atoms with Gasteiger partial charge in [0.1, 0.15) is 0 Å². The zero-order valence-electron chi connectivity index (χ0n) is 21.7. The van der Waals surface area contributed by atoms with E-state index in [9.17, 15) is 0 Å². The van der Waals surface area contributed by atoms with Crippen LogP contribution < -0.4 is 0 Å². The highest BCUT2D eigenvalue weighted by molar-refractivity contribution is 5.13. The normalized spacial score (nSPS) is 14.7. The Hall–Kier alpha value is -0.0400. The summed E-state index contributed by atoms with van der Waals surface area (Å²) < 4.78 is 0. The van der Waals surface area contributed by atoms with E-state index in [0.29, 0.717) is 16.4 Å². The molecule has 0 aliphatic heterocycles. The summed E-state index contributed by atoms with van der Waals surface area (Å²) in [5.41, 5.74) is 1.13. The first kappa shape index (κ1) is 28.0. The molecule has 0 fully saturated rings. The lowest BCUT2D eigenvalue weighted by molar-refractivity contribution is -0.159. The summed E-state index contributed by atoms with van der Waals surface area (Å²) in [6.45, 7) is 27.0. The van der Waals surface area contributed by atoms with Gasteiger partial charge in [-0.2, -0.15) is 0 Å². The zero-order chi connectivity index (χ0) is 21.8. The van der Waals surface area contributed by atoms with Crippen LogP contribution in [0.4, 0.5) is 0 Å². The minimum atomic E-state index is 0.310. The minimum absolute atomic E-state index is 0.310. The summed E-state index contributed by atoms with van der Waals surface area (Å²) in [5, 5.41) is 0. The van der Waals surface area contributed by atoms with E-state index >= 15 is 0 Å². The molecule has 0 spiro atoms. The minimum Gasteiger partial charge on any atom is -0.298 e. The molecule has 0 aromatic heterocycles. The fourth-order valence-electron chi connectivity index (χ4n) is 7.99. The van der Waals surface area contributed by atoms with Crippen LogP contribution in [0.15, 0.2) is 0 Å². The average Bonchev–Trinajstić information content (AvgIpc) is 2.74. The van der Waals surface area contributed by atoms with E-state index in [1.165, 1.54) is 83.7 Å². The van der Waals surface area contributed by atoms with Gasteiger partial charge in [0.15, 0.2) is 0 Å². The second-order valence-corrected chi connectivity index (χ2v) is 9.16. The Balaban J connectivity index is 6.72. The molecule has 0 rings (SSSR count). The zero-order valence-corrected chi connectivity index (χ0v) is 21.7. The Kier molecular flexibility index (Phi) is 13.3. The highest BCUT2D eigenvalue weighted by Crippen LogP contribution is 2.64. The van der Waals surface area contributed by atoms with Crippen molar-refractivity contribution in [3.05, 3.63) is 0 Å². The van der Waals surface area contributed by atoms with Crippen LogP contribution in [0.5, 0.6) is 0 Å². The monoisotopic (exact) mass is 395 g/mol. The van der Waals surface area contributed by atoms with Gasteiger partial charge in [-0.25, -0.2) is 0 Å². The van der Waals surface area contributed by atoms with Gasteiger partial charge in [0.25, 0.3) is 0 Å². The molecular formula is C27H57N. The van der Waals surface area contributed by atoms with Gasteiger partial charge in [-0.15, -0.1) is 0 Å². The first-order valence-electron chi connectivity index (χ1n) is 13.2. The summed E-state index contributed by atoms with van der Waals surface area (Å²) in [6, 6.07) is 0. The van der Waals surface area contributed by atoms with Crippen LogP contribution in [0.3, 0.4) is 0 Å². The van der Waals surface area contributed by atoms with Crippen molar-refractivity contribution in [2.45, 2.75) is 145 Å². The van der Waals surface area contributed by atoms with Crippen LogP contribution in [0.1, 0.15) is 140 Å². The van der Waals surface area contributed by atoms with Crippen molar-refractivity contribution in [2.75, 3.05) is 13.1 Å².